The van der Waals surface area contributed by atoms with E-state index in [1.54, 1.807) is 32.4 Å². The van der Waals surface area contributed by atoms with E-state index >= 15 is 0 Å². The molecule has 0 radical (unpaired) electrons. The normalized spacial score (nSPS) is 10.1. The van der Waals surface area contributed by atoms with Crippen LogP contribution < -0.4 is 14.8 Å². The largest absolute Gasteiger partial charge is 0.493 e. The zero-order chi connectivity index (χ0) is 15.4. The minimum atomic E-state index is -0.337. The number of methoxy groups -OCH3 is 2. The van der Waals surface area contributed by atoms with Crippen LogP contribution in [0.3, 0.4) is 0 Å². The van der Waals surface area contributed by atoms with Crippen molar-refractivity contribution in [2.24, 2.45) is 0 Å². The van der Waals surface area contributed by atoms with Gasteiger partial charge >= 0.3 is 0 Å². The number of benzene rings is 2. The summed E-state index contributed by atoms with van der Waals surface area (Å²) in [6.07, 6.45) is 0. The highest BCUT2D eigenvalue weighted by molar-refractivity contribution is 9.10. The van der Waals surface area contributed by atoms with Gasteiger partial charge in [-0.3, -0.25) is 0 Å². The van der Waals surface area contributed by atoms with Crippen molar-refractivity contribution < 1.29 is 13.9 Å². The van der Waals surface area contributed by atoms with E-state index in [0.717, 1.165) is 10.0 Å². The topological polar surface area (TPSA) is 30.5 Å². The highest BCUT2D eigenvalue weighted by Crippen LogP contribution is 2.29. The Hall–Kier alpha value is -1.66. The maximum Gasteiger partial charge on any atom is 0.161 e. The Balaban J connectivity index is 2.26. The van der Waals surface area contributed by atoms with Crippen LogP contribution in [0.5, 0.6) is 11.5 Å². The summed E-state index contributed by atoms with van der Waals surface area (Å²) >= 11 is 8.69. The number of anilines is 1. The van der Waals surface area contributed by atoms with Crippen molar-refractivity contribution >= 4 is 38.8 Å². The van der Waals surface area contributed by atoms with Gasteiger partial charge in [-0.05, 0) is 52.3 Å². The van der Waals surface area contributed by atoms with Crippen molar-refractivity contribution in [3.63, 3.8) is 0 Å². The number of hydrogen-bond donors (Lipinski definition) is 1. The molecule has 0 spiro atoms. The van der Waals surface area contributed by atoms with Crippen molar-refractivity contribution in [3.05, 3.63) is 52.3 Å². The molecule has 21 heavy (non-hydrogen) atoms. The second-order valence-corrected chi connectivity index (χ2v) is 5.41. The van der Waals surface area contributed by atoms with E-state index in [1.807, 2.05) is 6.07 Å². The molecule has 2 rings (SSSR count). The van der Waals surface area contributed by atoms with Crippen molar-refractivity contribution in [2.45, 2.75) is 0 Å². The van der Waals surface area contributed by atoms with Crippen LogP contribution in [0.4, 0.5) is 10.1 Å². The Morgan fingerprint density at radius 3 is 2.48 bits per heavy atom. The first-order valence-corrected chi connectivity index (χ1v) is 7.23. The fraction of sp³-hybridized carbons (Fsp3) is 0.133. The maximum absolute atomic E-state index is 13.3. The molecule has 0 unspecified atom stereocenters. The Bertz CT molecular complexity index is 679. The van der Waals surface area contributed by atoms with Gasteiger partial charge in [-0.25, -0.2) is 4.39 Å². The van der Waals surface area contributed by atoms with E-state index in [4.69, 9.17) is 21.7 Å². The third-order valence-electron chi connectivity index (χ3n) is 2.82. The van der Waals surface area contributed by atoms with Crippen molar-refractivity contribution in [1.82, 2.24) is 0 Å². The Morgan fingerprint density at radius 1 is 1.10 bits per heavy atom. The Morgan fingerprint density at radius 2 is 1.81 bits per heavy atom. The number of halogens is 2. The summed E-state index contributed by atoms with van der Waals surface area (Å²) < 4.78 is 24.4. The van der Waals surface area contributed by atoms with Crippen LogP contribution in [0.15, 0.2) is 40.9 Å². The summed E-state index contributed by atoms with van der Waals surface area (Å²) in [6, 6.07) is 9.70. The molecule has 0 aliphatic rings. The molecule has 0 fully saturated rings. The lowest BCUT2D eigenvalue weighted by Crippen LogP contribution is -2.11. The fourth-order valence-electron chi connectivity index (χ4n) is 1.77. The van der Waals surface area contributed by atoms with Gasteiger partial charge in [0.05, 0.1) is 19.9 Å². The van der Waals surface area contributed by atoms with E-state index in [2.05, 4.69) is 21.2 Å². The van der Waals surface area contributed by atoms with Gasteiger partial charge in [0.2, 0.25) is 0 Å². The third-order valence-corrected chi connectivity index (χ3v) is 3.85. The molecule has 2 aromatic rings. The molecule has 0 bridgehead atoms. The second-order valence-electron chi connectivity index (χ2n) is 4.15. The lowest BCUT2D eigenvalue weighted by Gasteiger charge is -2.13. The predicted octanol–water partition coefficient (Wildman–Crippen LogP) is 4.39. The number of thiocarbonyl (C=S) groups is 1. The first-order chi connectivity index (χ1) is 10.0. The zero-order valence-electron chi connectivity index (χ0n) is 11.4. The van der Waals surface area contributed by atoms with Crippen molar-refractivity contribution in [1.29, 1.82) is 0 Å². The van der Waals surface area contributed by atoms with E-state index in [0.29, 0.717) is 22.2 Å². The van der Waals surface area contributed by atoms with E-state index < -0.39 is 0 Å². The molecule has 0 amide bonds. The smallest absolute Gasteiger partial charge is 0.161 e. The molecule has 0 aromatic heterocycles. The first kappa shape index (κ1) is 15.7. The summed E-state index contributed by atoms with van der Waals surface area (Å²) in [5.41, 5.74) is 1.31. The summed E-state index contributed by atoms with van der Waals surface area (Å²) in [4.78, 5) is 0.460. The van der Waals surface area contributed by atoms with Crippen LogP contribution in [-0.4, -0.2) is 19.2 Å². The van der Waals surface area contributed by atoms with E-state index in [1.165, 1.54) is 12.1 Å². The van der Waals surface area contributed by atoms with Gasteiger partial charge in [0.1, 0.15) is 10.8 Å². The molecule has 3 nitrogen and oxygen atoms in total. The minimum Gasteiger partial charge on any atom is -0.493 e. The maximum atomic E-state index is 13.3. The molecule has 0 atom stereocenters. The first-order valence-electron chi connectivity index (χ1n) is 6.03. The van der Waals surface area contributed by atoms with Crippen LogP contribution in [0.25, 0.3) is 0 Å². The summed E-state index contributed by atoms with van der Waals surface area (Å²) in [5.74, 6) is 0.865. The molecule has 0 saturated heterocycles. The summed E-state index contributed by atoms with van der Waals surface area (Å²) in [7, 11) is 3.12. The van der Waals surface area contributed by atoms with Crippen molar-refractivity contribution in [3.8, 4) is 11.5 Å². The number of ether oxygens (including phenoxy) is 2. The predicted molar refractivity (Wildman–Crippen MR) is 89.0 cm³/mol. The Kier molecular flexibility index (Phi) is 5.14. The molecule has 1 N–H and O–H groups in total. The average molecular weight is 370 g/mol. The number of hydrogen-bond acceptors (Lipinski definition) is 3. The van der Waals surface area contributed by atoms with Crippen LogP contribution in [0, 0.1) is 5.82 Å². The molecule has 0 heterocycles. The molecule has 0 aliphatic heterocycles. The van der Waals surface area contributed by atoms with Crippen LogP contribution in [0.2, 0.25) is 0 Å². The quantitative estimate of drug-likeness (QED) is 0.809. The highest BCUT2D eigenvalue weighted by Gasteiger charge is 2.10. The fourth-order valence-corrected chi connectivity index (χ4v) is 2.35. The summed E-state index contributed by atoms with van der Waals surface area (Å²) in [5, 5.41) is 3.00. The number of nitrogens with one attached hydrogen (secondary N) is 1. The SMILES string of the molecule is COc1ccc(C(=S)Nc2cc(F)ccc2Br)cc1OC. The van der Waals surface area contributed by atoms with Gasteiger partial charge < -0.3 is 14.8 Å². The highest BCUT2D eigenvalue weighted by atomic mass is 79.9. The van der Waals surface area contributed by atoms with Gasteiger partial charge in [-0.1, -0.05) is 12.2 Å². The zero-order valence-corrected chi connectivity index (χ0v) is 13.8. The molecular weight excluding hydrogens is 357 g/mol. The van der Waals surface area contributed by atoms with E-state index in [-0.39, 0.29) is 5.82 Å². The minimum absolute atomic E-state index is 0.337. The molecule has 2 aromatic carbocycles. The molecule has 110 valence electrons. The third kappa shape index (κ3) is 3.71. The van der Waals surface area contributed by atoms with Gasteiger partial charge in [0, 0.05) is 10.0 Å². The van der Waals surface area contributed by atoms with Gasteiger partial charge in [-0.2, -0.15) is 0 Å². The van der Waals surface area contributed by atoms with Crippen LogP contribution >= 0.6 is 28.1 Å². The molecular formula is C15H13BrFNO2S. The summed E-state index contributed by atoms with van der Waals surface area (Å²) in [6.45, 7) is 0. The molecule has 6 heteroatoms. The lowest BCUT2D eigenvalue weighted by atomic mass is 10.2. The Labute approximate surface area is 136 Å². The van der Waals surface area contributed by atoms with Crippen molar-refractivity contribution in [2.75, 3.05) is 19.5 Å². The molecule has 0 aliphatic carbocycles. The van der Waals surface area contributed by atoms with Gasteiger partial charge in [0.25, 0.3) is 0 Å². The second kappa shape index (κ2) is 6.87. The average Bonchev–Trinajstić information content (AvgIpc) is 2.50. The van der Waals surface area contributed by atoms with Gasteiger partial charge in [0.15, 0.2) is 11.5 Å². The number of rotatable bonds is 4. The standard InChI is InChI=1S/C15H13BrFNO2S/c1-19-13-6-3-9(7-14(13)20-2)15(21)18-12-8-10(17)4-5-11(12)16/h3-8H,1-2H3,(H,18,21). The van der Waals surface area contributed by atoms with Crippen LogP contribution in [-0.2, 0) is 0 Å². The van der Waals surface area contributed by atoms with Crippen LogP contribution in [0.1, 0.15) is 5.56 Å². The monoisotopic (exact) mass is 369 g/mol. The van der Waals surface area contributed by atoms with Gasteiger partial charge in [-0.15, -0.1) is 0 Å². The van der Waals surface area contributed by atoms with E-state index in [9.17, 15) is 4.39 Å². The molecule has 0 saturated carbocycles. The lowest BCUT2D eigenvalue weighted by molar-refractivity contribution is 0.355.